The molecule has 3 aromatic carbocycles. The molecular weight excluding hydrogens is 458 g/mol. The van der Waals surface area contributed by atoms with Crippen LogP contribution >= 0.6 is 7.26 Å². The average Bonchev–Trinajstić information content (AvgIpc) is 2.72. The molecule has 3 rings (SSSR count). The normalized spacial score (nSPS) is 13.7. The van der Waals surface area contributed by atoms with Crippen LogP contribution in [0, 0.1) is 0 Å². The molecule has 136 valence electrons. The first-order valence-corrected chi connectivity index (χ1v) is 11.3. The Morgan fingerprint density at radius 1 is 0.481 bits per heavy atom. The Hall–Kier alpha value is -1.96. The van der Waals surface area contributed by atoms with Crippen molar-refractivity contribution >= 4 is 25.5 Å². The minimum atomic E-state index is -1.51. The molecular formula is C25H24IP. The largest absolute Gasteiger partial charge is 1.00 e. The molecule has 0 bridgehead atoms. The molecule has 0 amide bonds. The van der Waals surface area contributed by atoms with Crippen molar-refractivity contribution in [3.05, 3.63) is 125 Å². The van der Waals surface area contributed by atoms with E-state index in [1.54, 1.807) is 0 Å². The van der Waals surface area contributed by atoms with E-state index in [1.807, 2.05) is 0 Å². The molecule has 0 saturated heterocycles. The van der Waals surface area contributed by atoms with Crippen molar-refractivity contribution in [1.82, 2.24) is 0 Å². The topological polar surface area (TPSA) is 0 Å². The second-order valence-electron chi connectivity index (χ2n) is 6.40. The molecule has 0 aliphatic rings. The van der Waals surface area contributed by atoms with E-state index in [1.165, 1.54) is 16.7 Å². The Balaban J connectivity index is 0.00000261. The lowest BCUT2D eigenvalue weighted by molar-refractivity contribution is -0.00000508. The Morgan fingerprint density at radius 2 is 0.741 bits per heavy atom. The van der Waals surface area contributed by atoms with E-state index in [0.717, 1.165) is 0 Å². The summed E-state index contributed by atoms with van der Waals surface area (Å²) in [4.78, 5) is 0. The van der Waals surface area contributed by atoms with Gasteiger partial charge in [-0.1, -0.05) is 91.0 Å². The molecule has 0 atom stereocenters. The lowest BCUT2D eigenvalue weighted by atomic mass is 10.2. The lowest BCUT2D eigenvalue weighted by Crippen LogP contribution is -3.00. The summed E-state index contributed by atoms with van der Waals surface area (Å²) in [5, 5.41) is 0. The summed E-state index contributed by atoms with van der Waals surface area (Å²) < 4.78 is 0. The van der Waals surface area contributed by atoms with Gasteiger partial charge in [-0.25, -0.2) is 0 Å². The van der Waals surface area contributed by atoms with Gasteiger partial charge in [-0.15, -0.1) is 0 Å². The third-order valence-electron chi connectivity index (χ3n) is 4.16. The van der Waals surface area contributed by atoms with Crippen molar-refractivity contribution in [3.8, 4) is 0 Å². The summed E-state index contributed by atoms with van der Waals surface area (Å²) >= 11 is 0. The van der Waals surface area contributed by atoms with Gasteiger partial charge < -0.3 is 24.0 Å². The Labute approximate surface area is 180 Å². The van der Waals surface area contributed by atoms with E-state index in [-0.39, 0.29) is 24.0 Å². The number of halogens is 1. The van der Waals surface area contributed by atoms with Gasteiger partial charge in [0.2, 0.25) is 0 Å². The first-order chi connectivity index (χ1) is 12.7. The third-order valence-corrected chi connectivity index (χ3v) is 6.54. The van der Waals surface area contributed by atoms with Gasteiger partial charge in [0.05, 0.1) is 31.4 Å². The van der Waals surface area contributed by atoms with Crippen LogP contribution < -0.4 is 24.0 Å². The van der Waals surface area contributed by atoms with E-state index in [0.29, 0.717) is 0 Å². The van der Waals surface area contributed by atoms with E-state index in [2.05, 4.69) is 133 Å². The Kier molecular flexibility index (Phi) is 8.71. The summed E-state index contributed by atoms with van der Waals surface area (Å²) in [6.45, 7) is 2.34. The predicted molar refractivity (Wildman–Crippen MR) is 119 cm³/mol. The van der Waals surface area contributed by atoms with Crippen LogP contribution in [0.3, 0.4) is 0 Å². The maximum absolute atomic E-state index is 2.36. The second-order valence-corrected chi connectivity index (χ2v) is 9.74. The number of hydrogen-bond acceptors (Lipinski definition) is 0. The second kappa shape index (κ2) is 11.0. The van der Waals surface area contributed by atoms with Gasteiger partial charge >= 0.3 is 0 Å². The van der Waals surface area contributed by atoms with Gasteiger partial charge in [-0.3, -0.25) is 0 Å². The smallest absolute Gasteiger partial charge is 0.0862 e. The zero-order chi connectivity index (χ0) is 18.1. The fraction of sp³-hybridized carbons (Fsp3) is 0.0400. The summed E-state index contributed by atoms with van der Waals surface area (Å²) in [5.41, 5.74) is 3.71. The highest BCUT2D eigenvalue weighted by Gasteiger charge is 2.21. The quantitative estimate of drug-likeness (QED) is 0.355. The predicted octanol–water partition coefficient (Wildman–Crippen LogP) is 4.65. The maximum Gasteiger partial charge on any atom is 0.0862 e. The molecule has 0 aliphatic carbocycles. The summed E-state index contributed by atoms with van der Waals surface area (Å²) in [7, 11) is -1.51. The van der Waals surface area contributed by atoms with Crippen LogP contribution in [-0.4, -0.2) is 6.66 Å². The van der Waals surface area contributed by atoms with Gasteiger partial charge in [0, 0.05) is 0 Å². The molecule has 0 radical (unpaired) electrons. The fourth-order valence-corrected chi connectivity index (χ4v) is 4.36. The van der Waals surface area contributed by atoms with Crippen molar-refractivity contribution in [2.24, 2.45) is 0 Å². The highest BCUT2D eigenvalue weighted by atomic mass is 127. The first-order valence-electron chi connectivity index (χ1n) is 8.82. The molecule has 0 aromatic heterocycles. The molecule has 2 heteroatoms. The average molecular weight is 482 g/mol. The van der Waals surface area contributed by atoms with Gasteiger partial charge in [0.1, 0.15) is 0 Å². The molecule has 3 aromatic rings. The number of hydrogen-bond donors (Lipinski definition) is 0. The monoisotopic (exact) mass is 482 g/mol. The first kappa shape index (κ1) is 21.3. The van der Waals surface area contributed by atoms with E-state index in [9.17, 15) is 0 Å². The van der Waals surface area contributed by atoms with Crippen LogP contribution in [0.5, 0.6) is 0 Å². The van der Waals surface area contributed by atoms with Crippen LogP contribution in [0.15, 0.2) is 108 Å². The van der Waals surface area contributed by atoms with Crippen molar-refractivity contribution in [2.75, 3.05) is 6.66 Å². The van der Waals surface area contributed by atoms with E-state index < -0.39 is 7.26 Å². The van der Waals surface area contributed by atoms with E-state index >= 15 is 0 Å². The Bertz CT molecular complexity index is 761. The number of benzene rings is 3. The molecule has 0 fully saturated rings. The van der Waals surface area contributed by atoms with Crippen LogP contribution in [0.25, 0.3) is 18.2 Å². The molecule has 0 spiro atoms. The SMILES string of the molecule is C[P+](C=Cc1ccccc1)(C=Cc1ccccc1)C=Cc1ccccc1.[I-]. The molecule has 0 unspecified atom stereocenters. The zero-order valence-electron chi connectivity index (χ0n) is 15.4. The van der Waals surface area contributed by atoms with Crippen LogP contribution in [0.2, 0.25) is 0 Å². The summed E-state index contributed by atoms with van der Waals surface area (Å²) in [6.07, 6.45) is 6.70. The molecule has 27 heavy (non-hydrogen) atoms. The standard InChI is InChI=1S/C25H24P.HI/c1-26(20-17-23-11-5-2-6-12-23,21-18-24-13-7-3-8-14-24)22-19-25-15-9-4-10-16-25;/h2-22H,1H3;1H/q+1;/p-1. The number of rotatable bonds is 6. The highest BCUT2D eigenvalue weighted by molar-refractivity contribution is 7.84. The molecule has 0 nitrogen and oxygen atoms in total. The van der Waals surface area contributed by atoms with Gasteiger partial charge in [-0.05, 0) is 34.9 Å². The minimum Gasteiger partial charge on any atom is -1.00 e. The zero-order valence-corrected chi connectivity index (χ0v) is 18.5. The minimum absolute atomic E-state index is 0. The third kappa shape index (κ3) is 7.28. The van der Waals surface area contributed by atoms with Crippen molar-refractivity contribution < 1.29 is 24.0 Å². The van der Waals surface area contributed by atoms with Gasteiger partial charge in [0.15, 0.2) is 0 Å². The lowest BCUT2D eigenvalue weighted by Gasteiger charge is -2.09. The van der Waals surface area contributed by atoms with Crippen molar-refractivity contribution in [1.29, 1.82) is 0 Å². The Morgan fingerprint density at radius 3 is 1.00 bits per heavy atom. The van der Waals surface area contributed by atoms with Crippen LogP contribution in [0.1, 0.15) is 16.7 Å². The van der Waals surface area contributed by atoms with E-state index in [4.69, 9.17) is 0 Å². The van der Waals surface area contributed by atoms with Crippen molar-refractivity contribution in [2.45, 2.75) is 0 Å². The summed E-state index contributed by atoms with van der Waals surface area (Å²) in [6, 6.07) is 31.5. The fourth-order valence-electron chi connectivity index (χ4n) is 2.58. The van der Waals surface area contributed by atoms with Crippen LogP contribution in [0.4, 0.5) is 0 Å². The molecule has 0 aliphatic heterocycles. The molecule has 0 N–H and O–H groups in total. The highest BCUT2D eigenvalue weighted by Crippen LogP contribution is 2.61. The van der Waals surface area contributed by atoms with Crippen molar-refractivity contribution in [3.63, 3.8) is 0 Å². The molecule has 0 heterocycles. The summed E-state index contributed by atoms with van der Waals surface area (Å²) in [5.74, 6) is 7.09. The van der Waals surface area contributed by atoms with Crippen LogP contribution in [-0.2, 0) is 0 Å². The maximum atomic E-state index is 2.36. The van der Waals surface area contributed by atoms with Gasteiger partial charge in [-0.2, -0.15) is 0 Å². The molecule has 0 saturated carbocycles. The van der Waals surface area contributed by atoms with Gasteiger partial charge in [0.25, 0.3) is 0 Å².